The van der Waals surface area contributed by atoms with Gasteiger partial charge in [-0.05, 0) is 6.07 Å². The second kappa shape index (κ2) is 5.77. The fourth-order valence-corrected chi connectivity index (χ4v) is 2.39. The molecule has 0 fully saturated rings. The van der Waals surface area contributed by atoms with Crippen molar-refractivity contribution in [1.82, 2.24) is 0 Å². The number of aromatic hydroxyl groups is 2. The summed E-state index contributed by atoms with van der Waals surface area (Å²) in [5.41, 5.74) is 0.594. The molecule has 108 valence electrons. The minimum absolute atomic E-state index is 0.154. The van der Waals surface area contributed by atoms with E-state index in [1.807, 2.05) is 14.1 Å². The number of phenols is 2. The topological polar surface area (TPSA) is 97.7 Å². The third-order valence-electron chi connectivity index (χ3n) is 3.03. The Morgan fingerprint density at radius 1 is 1.21 bits per heavy atom. The van der Waals surface area contributed by atoms with Crippen molar-refractivity contribution in [2.45, 2.75) is 6.42 Å². The summed E-state index contributed by atoms with van der Waals surface area (Å²) in [7, 11) is -0.589. The molecule has 0 spiro atoms. The molecule has 1 aromatic rings. The van der Waals surface area contributed by atoms with Gasteiger partial charge in [0, 0.05) is 12.0 Å². The molecule has 0 aliphatic carbocycles. The molecule has 0 atom stereocenters. The van der Waals surface area contributed by atoms with Crippen LogP contribution in [0.1, 0.15) is 5.56 Å². The molecule has 0 aliphatic heterocycles. The first-order chi connectivity index (χ1) is 8.61. The Labute approximate surface area is 113 Å². The van der Waals surface area contributed by atoms with Crippen molar-refractivity contribution in [2.75, 3.05) is 32.9 Å². The van der Waals surface area contributed by atoms with Gasteiger partial charge in [0.2, 0.25) is 0 Å². The minimum atomic E-state index is -4.21. The zero-order valence-electron chi connectivity index (χ0n) is 11.0. The van der Waals surface area contributed by atoms with Crippen molar-refractivity contribution in [3.63, 3.8) is 0 Å². The Hall–Kier alpha value is -1.31. The molecular formula is C12H19NO5S. The van der Waals surface area contributed by atoms with E-state index in [9.17, 15) is 23.2 Å². The molecule has 7 heteroatoms. The van der Waals surface area contributed by atoms with Crippen LogP contribution in [0.15, 0.2) is 18.2 Å². The van der Waals surface area contributed by atoms with Crippen LogP contribution in [0.5, 0.6) is 11.5 Å². The predicted molar refractivity (Wildman–Crippen MR) is 69.9 cm³/mol. The van der Waals surface area contributed by atoms with Gasteiger partial charge < -0.3 is 19.2 Å². The predicted octanol–water partition coefficient (Wildman–Crippen LogP) is 0.262. The van der Waals surface area contributed by atoms with E-state index in [2.05, 4.69) is 0 Å². The van der Waals surface area contributed by atoms with Gasteiger partial charge in [-0.15, -0.1) is 0 Å². The molecule has 6 nitrogen and oxygen atoms in total. The van der Waals surface area contributed by atoms with Crippen molar-refractivity contribution in [3.05, 3.63) is 23.8 Å². The molecule has 0 bridgehead atoms. The SMILES string of the molecule is C[N+](C)(CCc1cccc(O)c1O)CCS(=O)(=O)[O-]. The van der Waals surface area contributed by atoms with Crippen LogP contribution in [0.3, 0.4) is 0 Å². The average Bonchev–Trinajstić information content (AvgIpc) is 2.28. The number of likely N-dealkylation sites (N-methyl/N-ethyl adjacent to an activating group) is 1. The maximum absolute atomic E-state index is 10.6. The summed E-state index contributed by atoms with van der Waals surface area (Å²) in [6.07, 6.45) is 0.478. The van der Waals surface area contributed by atoms with Crippen LogP contribution in [0, 0.1) is 0 Å². The first-order valence-corrected chi connectivity index (χ1v) is 7.44. The quantitative estimate of drug-likeness (QED) is 0.445. The van der Waals surface area contributed by atoms with Crippen LogP contribution in [0.4, 0.5) is 0 Å². The van der Waals surface area contributed by atoms with Gasteiger partial charge in [0.05, 0.1) is 32.9 Å². The van der Waals surface area contributed by atoms with Gasteiger partial charge in [-0.25, -0.2) is 8.42 Å². The summed E-state index contributed by atoms with van der Waals surface area (Å²) in [6.45, 7) is 0.762. The lowest BCUT2D eigenvalue weighted by Gasteiger charge is -2.30. The third-order valence-corrected chi connectivity index (χ3v) is 3.71. The normalized spacial score (nSPS) is 12.6. The molecule has 0 aromatic heterocycles. The Morgan fingerprint density at radius 3 is 2.42 bits per heavy atom. The van der Waals surface area contributed by atoms with E-state index >= 15 is 0 Å². The maximum Gasteiger partial charge on any atom is 0.160 e. The molecule has 0 saturated carbocycles. The van der Waals surface area contributed by atoms with Crippen molar-refractivity contribution in [1.29, 1.82) is 0 Å². The van der Waals surface area contributed by atoms with Gasteiger partial charge in [-0.1, -0.05) is 12.1 Å². The Balaban J connectivity index is 2.62. The molecule has 0 heterocycles. The summed E-state index contributed by atoms with van der Waals surface area (Å²) in [5, 5.41) is 19.0. The largest absolute Gasteiger partial charge is 0.748 e. The molecule has 0 saturated heterocycles. The van der Waals surface area contributed by atoms with Crippen LogP contribution in [-0.2, 0) is 16.5 Å². The summed E-state index contributed by atoms with van der Waals surface area (Å²) in [4.78, 5) is 0. The lowest BCUT2D eigenvalue weighted by Crippen LogP contribution is -2.44. The second-order valence-corrected chi connectivity index (χ2v) is 6.70. The van der Waals surface area contributed by atoms with Gasteiger partial charge in [0.25, 0.3) is 0 Å². The van der Waals surface area contributed by atoms with Crippen molar-refractivity contribution in [2.24, 2.45) is 0 Å². The smallest absolute Gasteiger partial charge is 0.160 e. The van der Waals surface area contributed by atoms with Crippen LogP contribution in [0.2, 0.25) is 0 Å². The number of rotatable bonds is 6. The van der Waals surface area contributed by atoms with E-state index in [0.29, 0.717) is 23.0 Å². The molecule has 0 unspecified atom stereocenters. The average molecular weight is 289 g/mol. The lowest BCUT2D eigenvalue weighted by molar-refractivity contribution is -0.887. The van der Waals surface area contributed by atoms with E-state index in [1.54, 1.807) is 12.1 Å². The standard InChI is InChI=1S/C12H19NO5S/c1-13(2,8-9-19(16,17)18)7-6-10-4-3-5-11(14)12(10)15/h3-5H,6-9H2,1-2H3,(H2-,14,15,16,17,18). The van der Waals surface area contributed by atoms with E-state index in [1.165, 1.54) is 6.07 Å². The van der Waals surface area contributed by atoms with Crippen molar-refractivity contribution in [3.8, 4) is 11.5 Å². The molecule has 0 radical (unpaired) electrons. The van der Waals surface area contributed by atoms with Crippen LogP contribution in [-0.4, -0.2) is 60.6 Å². The van der Waals surface area contributed by atoms with E-state index in [0.717, 1.165) is 0 Å². The molecule has 1 rings (SSSR count). The van der Waals surface area contributed by atoms with Gasteiger partial charge in [-0.3, -0.25) is 0 Å². The maximum atomic E-state index is 10.6. The fraction of sp³-hybridized carbons (Fsp3) is 0.500. The molecule has 2 N–H and O–H groups in total. The fourth-order valence-electron chi connectivity index (χ4n) is 1.67. The van der Waals surface area contributed by atoms with Gasteiger partial charge in [-0.2, -0.15) is 0 Å². The number of phenolic OH excluding ortho intramolecular Hbond substituents is 2. The molecule has 1 aromatic carbocycles. The molecule has 0 aliphatic rings. The molecular weight excluding hydrogens is 270 g/mol. The lowest BCUT2D eigenvalue weighted by atomic mass is 10.1. The Morgan fingerprint density at radius 2 is 1.84 bits per heavy atom. The first kappa shape index (κ1) is 15.7. The Bertz CT molecular complexity index is 539. The second-order valence-electron chi connectivity index (χ2n) is 5.18. The van der Waals surface area contributed by atoms with Crippen LogP contribution in [0.25, 0.3) is 0 Å². The number of benzene rings is 1. The van der Waals surface area contributed by atoms with E-state index in [4.69, 9.17) is 0 Å². The summed E-state index contributed by atoms with van der Waals surface area (Å²) in [5.74, 6) is -0.740. The summed E-state index contributed by atoms with van der Waals surface area (Å²) >= 11 is 0. The zero-order valence-corrected chi connectivity index (χ0v) is 11.9. The highest BCUT2D eigenvalue weighted by molar-refractivity contribution is 7.85. The number of quaternary nitrogens is 1. The van der Waals surface area contributed by atoms with Crippen LogP contribution < -0.4 is 0 Å². The van der Waals surface area contributed by atoms with E-state index < -0.39 is 15.9 Å². The number of hydrogen-bond acceptors (Lipinski definition) is 5. The number of nitrogens with zero attached hydrogens (tertiary/aromatic N) is 1. The van der Waals surface area contributed by atoms with Crippen molar-refractivity contribution < 1.29 is 27.7 Å². The van der Waals surface area contributed by atoms with Gasteiger partial charge in [0.15, 0.2) is 11.5 Å². The zero-order chi connectivity index (χ0) is 14.7. The van der Waals surface area contributed by atoms with E-state index in [-0.39, 0.29) is 18.0 Å². The van der Waals surface area contributed by atoms with Crippen molar-refractivity contribution >= 4 is 10.1 Å². The highest BCUT2D eigenvalue weighted by atomic mass is 32.2. The Kier molecular flexibility index (Phi) is 4.78. The monoisotopic (exact) mass is 289 g/mol. The molecule has 19 heavy (non-hydrogen) atoms. The third kappa shape index (κ3) is 5.46. The highest BCUT2D eigenvalue weighted by Crippen LogP contribution is 2.28. The summed E-state index contributed by atoms with van der Waals surface area (Å²) in [6, 6.07) is 4.72. The van der Waals surface area contributed by atoms with Gasteiger partial charge >= 0.3 is 0 Å². The number of hydrogen-bond donors (Lipinski definition) is 2. The van der Waals surface area contributed by atoms with Gasteiger partial charge in [0.1, 0.15) is 10.1 Å². The first-order valence-electron chi connectivity index (χ1n) is 5.86. The number of para-hydroxylation sites is 1. The minimum Gasteiger partial charge on any atom is -0.748 e. The van der Waals surface area contributed by atoms with Crippen LogP contribution >= 0.6 is 0 Å². The highest BCUT2D eigenvalue weighted by Gasteiger charge is 2.17. The summed E-state index contributed by atoms with van der Waals surface area (Å²) < 4.78 is 32.2. The molecule has 0 amide bonds.